The van der Waals surface area contributed by atoms with E-state index in [-0.39, 0.29) is 0 Å². The van der Waals surface area contributed by atoms with E-state index in [0.717, 1.165) is 26.1 Å². The molecule has 1 aromatic rings. The fourth-order valence-corrected chi connectivity index (χ4v) is 2.33. The summed E-state index contributed by atoms with van der Waals surface area (Å²) >= 11 is 1.81. The lowest BCUT2D eigenvalue weighted by Crippen LogP contribution is -2.21. The molecule has 3 heteroatoms. The molecule has 1 aromatic heterocycles. The van der Waals surface area contributed by atoms with Crippen molar-refractivity contribution in [2.75, 3.05) is 26.8 Å². The van der Waals surface area contributed by atoms with Crippen LogP contribution in [0.2, 0.25) is 0 Å². The lowest BCUT2D eigenvalue weighted by Gasteiger charge is -2.06. The Morgan fingerprint density at radius 1 is 1.56 bits per heavy atom. The summed E-state index contributed by atoms with van der Waals surface area (Å²) in [5, 5.41) is 5.53. The molecule has 1 heterocycles. The summed E-state index contributed by atoms with van der Waals surface area (Å²) < 4.78 is 5.00. The first-order valence-corrected chi connectivity index (χ1v) is 6.59. The summed E-state index contributed by atoms with van der Waals surface area (Å²) in [5.41, 5.74) is 2.81. The zero-order valence-electron chi connectivity index (χ0n) is 10.4. The van der Waals surface area contributed by atoms with Gasteiger partial charge >= 0.3 is 0 Å². The van der Waals surface area contributed by atoms with Crippen LogP contribution in [0.4, 0.5) is 0 Å². The third kappa shape index (κ3) is 4.47. The predicted octanol–water partition coefficient (Wildman–Crippen LogP) is 3.09. The minimum Gasteiger partial charge on any atom is -0.383 e. The minimum absolute atomic E-state index is 0.773. The van der Waals surface area contributed by atoms with Gasteiger partial charge in [-0.1, -0.05) is 12.5 Å². The Morgan fingerprint density at radius 3 is 2.94 bits per heavy atom. The van der Waals surface area contributed by atoms with Gasteiger partial charge in [0, 0.05) is 25.1 Å². The molecule has 0 saturated carbocycles. The van der Waals surface area contributed by atoms with Gasteiger partial charge in [0.1, 0.15) is 0 Å². The van der Waals surface area contributed by atoms with Gasteiger partial charge in [0.15, 0.2) is 0 Å². The molecular weight excluding hydrogens is 218 g/mol. The SMILES string of the molecule is CCC(=Cc1sccc1C)CNCCOC. The number of nitrogens with one attached hydrogen (secondary N) is 1. The molecule has 0 aromatic carbocycles. The minimum atomic E-state index is 0.773. The molecule has 0 aliphatic heterocycles. The van der Waals surface area contributed by atoms with Gasteiger partial charge in [-0.05, 0) is 36.4 Å². The van der Waals surface area contributed by atoms with Crippen molar-refractivity contribution in [1.82, 2.24) is 5.32 Å². The predicted molar refractivity (Wildman–Crippen MR) is 72.1 cm³/mol. The van der Waals surface area contributed by atoms with Crippen LogP contribution in [0.15, 0.2) is 17.0 Å². The second-order valence-electron chi connectivity index (χ2n) is 3.79. The Kier molecular flexibility index (Phi) is 6.38. The summed E-state index contributed by atoms with van der Waals surface area (Å²) in [4.78, 5) is 1.38. The number of aryl methyl sites for hydroxylation is 1. The van der Waals surface area contributed by atoms with E-state index in [4.69, 9.17) is 4.74 Å². The number of ether oxygens (including phenoxy) is 1. The zero-order valence-corrected chi connectivity index (χ0v) is 11.2. The number of methoxy groups -OCH3 is 1. The highest BCUT2D eigenvalue weighted by atomic mass is 32.1. The van der Waals surface area contributed by atoms with Crippen LogP contribution < -0.4 is 5.32 Å². The summed E-state index contributed by atoms with van der Waals surface area (Å²) in [7, 11) is 1.73. The molecule has 0 saturated heterocycles. The van der Waals surface area contributed by atoms with Crippen LogP contribution in [0.25, 0.3) is 6.08 Å². The van der Waals surface area contributed by atoms with E-state index in [1.807, 2.05) is 11.3 Å². The second-order valence-corrected chi connectivity index (χ2v) is 4.74. The van der Waals surface area contributed by atoms with E-state index < -0.39 is 0 Å². The molecule has 0 unspecified atom stereocenters. The van der Waals surface area contributed by atoms with Crippen molar-refractivity contribution < 1.29 is 4.74 Å². The van der Waals surface area contributed by atoms with Crippen LogP contribution in [-0.4, -0.2) is 26.8 Å². The number of hydrogen-bond acceptors (Lipinski definition) is 3. The summed E-state index contributed by atoms with van der Waals surface area (Å²) in [6, 6.07) is 2.17. The summed E-state index contributed by atoms with van der Waals surface area (Å²) in [5.74, 6) is 0. The van der Waals surface area contributed by atoms with Crippen molar-refractivity contribution in [3.8, 4) is 0 Å². The smallest absolute Gasteiger partial charge is 0.0587 e. The van der Waals surface area contributed by atoms with E-state index >= 15 is 0 Å². The van der Waals surface area contributed by atoms with Gasteiger partial charge in [-0.25, -0.2) is 0 Å². The van der Waals surface area contributed by atoms with Crippen LogP contribution in [0, 0.1) is 6.92 Å². The van der Waals surface area contributed by atoms with Crippen molar-refractivity contribution in [3.63, 3.8) is 0 Å². The highest BCUT2D eigenvalue weighted by molar-refractivity contribution is 7.11. The molecular formula is C13H21NOS. The van der Waals surface area contributed by atoms with Crippen LogP contribution in [0.3, 0.4) is 0 Å². The fourth-order valence-electron chi connectivity index (χ4n) is 1.42. The highest BCUT2D eigenvalue weighted by Gasteiger charge is 1.99. The maximum Gasteiger partial charge on any atom is 0.0587 e. The maximum absolute atomic E-state index is 5.00. The van der Waals surface area contributed by atoms with Crippen molar-refractivity contribution in [2.24, 2.45) is 0 Å². The summed E-state index contributed by atoms with van der Waals surface area (Å²) in [6.07, 6.45) is 3.40. The number of thiophene rings is 1. The van der Waals surface area contributed by atoms with Crippen molar-refractivity contribution in [3.05, 3.63) is 27.5 Å². The van der Waals surface area contributed by atoms with Gasteiger partial charge in [0.2, 0.25) is 0 Å². The molecule has 0 atom stereocenters. The van der Waals surface area contributed by atoms with Crippen LogP contribution in [0.5, 0.6) is 0 Å². The van der Waals surface area contributed by atoms with Gasteiger partial charge in [-0.15, -0.1) is 11.3 Å². The average molecular weight is 239 g/mol. The molecule has 1 N–H and O–H groups in total. The average Bonchev–Trinajstić information content (AvgIpc) is 2.68. The largest absolute Gasteiger partial charge is 0.383 e. The molecule has 0 amide bonds. The van der Waals surface area contributed by atoms with Gasteiger partial charge in [-0.3, -0.25) is 0 Å². The maximum atomic E-state index is 5.00. The van der Waals surface area contributed by atoms with Crippen molar-refractivity contribution >= 4 is 17.4 Å². The Morgan fingerprint density at radius 2 is 2.38 bits per heavy atom. The first kappa shape index (κ1) is 13.4. The van der Waals surface area contributed by atoms with Crippen molar-refractivity contribution in [1.29, 1.82) is 0 Å². The normalized spacial score (nSPS) is 12.1. The second kappa shape index (κ2) is 7.60. The van der Waals surface area contributed by atoms with E-state index in [1.165, 1.54) is 16.0 Å². The van der Waals surface area contributed by atoms with Crippen LogP contribution in [0.1, 0.15) is 23.8 Å². The quantitative estimate of drug-likeness (QED) is 0.738. The van der Waals surface area contributed by atoms with E-state index in [2.05, 4.69) is 36.7 Å². The molecule has 0 fully saturated rings. The molecule has 0 spiro atoms. The highest BCUT2D eigenvalue weighted by Crippen LogP contribution is 2.19. The zero-order chi connectivity index (χ0) is 11.8. The topological polar surface area (TPSA) is 21.3 Å². The standard InChI is InChI=1S/C13H21NOS/c1-4-12(10-14-6-7-15-3)9-13-11(2)5-8-16-13/h5,8-9,14H,4,6-7,10H2,1-3H3. The number of hydrogen-bond donors (Lipinski definition) is 1. The molecule has 0 bridgehead atoms. The third-order valence-electron chi connectivity index (χ3n) is 2.53. The molecule has 0 radical (unpaired) electrons. The third-order valence-corrected chi connectivity index (χ3v) is 3.49. The monoisotopic (exact) mass is 239 g/mol. The molecule has 16 heavy (non-hydrogen) atoms. The molecule has 1 rings (SSSR count). The van der Waals surface area contributed by atoms with Gasteiger partial charge in [-0.2, -0.15) is 0 Å². The Labute approximate surface area is 102 Å². The Bertz CT molecular complexity index is 330. The fraction of sp³-hybridized carbons (Fsp3) is 0.538. The van der Waals surface area contributed by atoms with Gasteiger partial charge < -0.3 is 10.1 Å². The summed E-state index contributed by atoms with van der Waals surface area (Å²) in [6.45, 7) is 7.00. The van der Waals surface area contributed by atoms with Crippen LogP contribution >= 0.6 is 11.3 Å². The van der Waals surface area contributed by atoms with Crippen LogP contribution in [-0.2, 0) is 4.74 Å². The number of rotatable bonds is 7. The molecule has 0 aliphatic carbocycles. The first-order valence-electron chi connectivity index (χ1n) is 5.71. The first-order chi connectivity index (χ1) is 7.77. The lowest BCUT2D eigenvalue weighted by atomic mass is 10.1. The van der Waals surface area contributed by atoms with Gasteiger partial charge in [0.25, 0.3) is 0 Å². The van der Waals surface area contributed by atoms with E-state index in [0.29, 0.717) is 0 Å². The molecule has 2 nitrogen and oxygen atoms in total. The van der Waals surface area contributed by atoms with E-state index in [9.17, 15) is 0 Å². The molecule has 0 aliphatic rings. The molecule has 90 valence electrons. The Balaban J connectivity index is 2.47. The Hall–Kier alpha value is -0.640. The van der Waals surface area contributed by atoms with Gasteiger partial charge in [0.05, 0.1) is 6.61 Å². The van der Waals surface area contributed by atoms with E-state index in [1.54, 1.807) is 7.11 Å². The lowest BCUT2D eigenvalue weighted by molar-refractivity contribution is 0.200. The van der Waals surface area contributed by atoms with Crippen molar-refractivity contribution in [2.45, 2.75) is 20.3 Å².